The molecule has 0 spiro atoms. The molecule has 7 nitrogen and oxygen atoms in total. The fourth-order valence-corrected chi connectivity index (χ4v) is 5.81. The summed E-state index contributed by atoms with van der Waals surface area (Å²) >= 11 is 0. The molecule has 0 radical (unpaired) electrons. The molecule has 170 valence electrons. The number of benzene rings is 2. The third kappa shape index (κ3) is 4.68. The number of aryl methyl sites for hydroxylation is 2. The zero-order valence-corrected chi connectivity index (χ0v) is 18.7. The van der Waals surface area contributed by atoms with Crippen LogP contribution < -0.4 is 10.6 Å². The van der Waals surface area contributed by atoms with Crippen molar-refractivity contribution in [1.29, 1.82) is 0 Å². The summed E-state index contributed by atoms with van der Waals surface area (Å²) in [6, 6.07) is 8.90. The molecule has 2 aromatic rings. The second-order valence-electron chi connectivity index (χ2n) is 8.37. The predicted octanol–water partition coefficient (Wildman–Crippen LogP) is 3.45. The summed E-state index contributed by atoms with van der Waals surface area (Å²) in [5.74, 6) is -1.22. The number of anilines is 2. The van der Waals surface area contributed by atoms with Gasteiger partial charge < -0.3 is 10.6 Å². The van der Waals surface area contributed by atoms with Crippen LogP contribution in [0.15, 0.2) is 41.3 Å². The van der Waals surface area contributed by atoms with Crippen LogP contribution in [0.5, 0.6) is 0 Å². The van der Waals surface area contributed by atoms with Gasteiger partial charge in [-0.15, -0.1) is 0 Å². The Morgan fingerprint density at radius 2 is 1.97 bits per heavy atom. The van der Waals surface area contributed by atoms with E-state index in [1.165, 1.54) is 28.6 Å². The molecule has 2 aliphatic rings. The number of fused-ring (bicyclic) bond motifs is 1. The first-order valence-electron chi connectivity index (χ1n) is 10.7. The average molecular weight is 460 g/mol. The second-order valence-corrected chi connectivity index (χ2v) is 10.3. The standard InChI is InChI=1S/C23H26FN3O4S/c1-15-12-18(24)7-9-20(15)26-23(29)17-5-3-11-27(14-17)32(30,31)19-8-10-21-16(13-19)4-2-6-22(28)25-21/h7-10,12-13,17H,2-6,11,14H2,1H3,(H,25,28)(H,26,29)/t17-/m1/s1. The molecule has 0 bridgehead atoms. The van der Waals surface area contributed by atoms with E-state index in [1.807, 2.05) is 0 Å². The minimum absolute atomic E-state index is 0.0689. The maximum Gasteiger partial charge on any atom is 0.243 e. The lowest BCUT2D eigenvalue weighted by atomic mass is 9.98. The Labute approximate surface area is 187 Å². The first-order valence-corrected chi connectivity index (χ1v) is 12.2. The Kier molecular flexibility index (Phi) is 6.30. The van der Waals surface area contributed by atoms with E-state index in [2.05, 4.69) is 10.6 Å². The van der Waals surface area contributed by atoms with Gasteiger partial charge in [-0.2, -0.15) is 4.31 Å². The number of amides is 2. The quantitative estimate of drug-likeness (QED) is 0.732. The zero-order valence-electron chi connectivity index (χ0n) is 17.9. The molecule has 1 fully saturated rings. The Morgan fingerprint density at radius 3 is 2.75 bits per heavy atom. The highest BCUT2D eigenvalue weighted by Crippen LogP contribution is 2.29. The van der Waals surface area contributed by atoms with Crippen molar-refractivity contribution in [3.05, 3.63) is 53.3 Å². The van der Waals surface area contributed by atoms with Gasteiger partial charge in [0.25, 0.3) is 0 Å². The number of piperidine rings is 1. The zero-order chi connectivity index (χ0) is 22.9. The van der Waals surface area contributed by atoms with Gasteiger partial charge in [0, 0.05) is 30.9 Å². The molecular formula is C23H26FN3O4S. The molecule has 32 heavy (non-hydrogen) atoms. The van der Waals surface area contributed by atoms with Crippen LogP contribution in [-0.2, 0) is 26.0 Å². The number of carbonyl (C=O) groups is 2. The number of nitrogens with zero attached hydrogens (tertiary/aromatic N) is 1. The Hall–Kier alpha value is -2.78. The number of carbonyl (C=O) groups excluding carboxylic acids is 2. The van der Waals surface area contributed by atoms with Crippen molar-refractivity contribution in [2.75, 3.05) is 23.7 Å². The van der Waals surface area contributed by atoms with Crippen LogP contribution in [0.25, 0.3) is 0 Å². The van der Waals surface area contributed by atoms with E-state index in [4.69, 9.17) is 0 Å². The maximum atomic E-state index is 13.3. The number of halogens is 1. The topological polar surface area (TPSA) is 95.6 Å². The third-order valence-electron chi connectivity index (χ3n) is 6.04. The normalized spacial score (nSPS) is 19.6. The van der Waals surface area contributed by atoms with Gasteiger partial charge in [0.1, 0.15) is 5.82 Å². The molecule has 2 aromatic carbocycles. The smallest absolute Gasteiger partial charge is 0.243 e. The number of sulfonamides is 1. The molecule has 4 rings (SSSR count). The Balaban J connectivity index is 1.50. The number of hydrogen-bond donors (Lipinski definition) is 2. The lowest BCUT2D eigenvalue weighted by molar-refractivity contribution is -0.121. The van der Waals surface area contributed by atoms with Crippen LogP contribution >= 0.6 is 0 Å². The van der Waals surface area contributed by atoms with Gasteiger partial charge >= 0.3 is 0 Å². The molecular weight excluding hydrogens is 433 g/mol. The summed E-state index contributed by atoms with van der Waals surface area (Å²) in [4.78, 5) is 24.7. The second kappa shape index (κ2) is 8.99. The van der Waals surface area contributed by atoms with Crippen molar-refractivity contribution in [2.45, 2.75) is 43.9 Å². The van der Waals surface area contributed by atoms with Gasteiger partial charge in [-0.1, -0.05) is 0 Å². The third-order valence-corrected chi connectivity index (χ3v) is 7.90. The highest BCUT2D eigenvalue weighted by Gasteiger charge is 2.34. The number of hydrogen-bond acceptors (Lipinski definition) is 4. The largest absolute Gasteiger partial charge is 0.326 e. The van der Waals surface area contributed by atoms with Gasteiger partial charge in [-0.3, -0.25) is 9.59 Å². The molecule has 0 aliphatic carbocycles. The molecule has 1 saturated heterocycles. The van der Waals surface area contributed by atoms with Crippen LogP contribution in [0.1, 0.15) is 36.8 Å². The number of rotatable bonds is 4. The summed E-state index contributed by atoms with van der Waals surface area (Å²) in [6.45, 7) is 2.13. The van der Waals surface area contributed by atoms with Crippen molar-refractivity contribution in [3.8, 4) is 0 Å². The van der Waals surface area contributed by atoms with Crippen molar-refractivity contribution in [1.82, 2.24) is 4.31 Å². The van der Waals surface area contributed by atoms with Crippen molar-refractivity contribution in [2.24, 2.45) is 5.92 Å². The van der Waals surface area contributed by atoms with Gasteiger partial charge in [-0.25, -0.2) is 12.8 Å². The summed E-state index contributed by atoms with van der Waals surface area (Å²) in [6.07, 6.45) is 2.85. The molecule has 2 amide bonds. The minimum Gasteiger partial charge on any atom is -0.326 e. The minimum atomic E-state index is -3.78. The molecule has 0 unspecified atom stereocenters. The van der Waals surface area contributed by atoms with E-state index < -0.39 is 15.9 Å². The first-order chi connectivity index (χ1) is 15.2. The molecule has 2 heterocycles. The molecule has 9 heteroatoms. The molecule has 2 aliphatic heterocycles. The lowest BCUT2D eigenvalue weighted by Crippen LogP contribution is -2.43. The van der Waals surface area contributed by atoms with Crippen LogP contribution in [0.2, 0.25) is 0 Å². The van der Waals surface area contributed by atoms with Crippen LogP contribution in [0.4, 0.5) is 15.8 Å². The van der Waals surface area contributed by atoms with E-state index in [0.29, 0.717) is 55.6 Å². The molecule has 0 saturated carbocycles. The summed E-state index contributed by atoms with van der Waals surface area (Å²) in [7, 11) is -3.78. The lowest BCUT2D eigenvalue weighted by Gasteiger charge is -2.31. The summed E-state index contributed by atoms with van der Waals surface area (Å²) in [5.41, 5.74) is 2.58. The maximum absolute atomic E-state index is 13.3. The molecule has 0 aromatic heterocycles. The van der Waals surface area contributed by atoms with E-state index in [1.54, 1.807) is 19.1 Å². The van der Waals surface area contributed by atoms with E-state index in [0.717, 1.165) is 5.56 Å². The van der Waals surface area contributed by atoms with E-state index in [9.17, 15) is 22.4 Å². The van der Waals surface area contributed by atoms with Crippen molar-refractivity contribution in [3.63, 3.8) is 0 Å². The summed E-state index contributed by atoms with van der Waals surface area (Å²) < 4.78 is 41.3. The van der Waals surface area contributed by atoms with E-state index in [-0.39, 0.29) is 29.1 Å². The highest BCUT2D eigenvalue weighted by atomic mass is 32.2. The van der Waals surface area contributed by atoms with Crippen LogP contribution in [-0.4, -0.2) is 37.6 Å². The van der Waals surface area contributed by atoms with E-state index >= 15 is 0 Å². The van der Waals surface area contributed by atoms with Gasteiger partial charge in [0.15, 0.2) is 0 Å². The van der Waals surface area contributed by atoms with Crippen LogP contribution in [0, 0.1) is 18.7 Å². The highest BCUT2D eigenvalue weighted by molar-refractivity contribution is 7.89. The van der Waals surface area contributed by atoms with Crippen molar-refractivity contribution < 1.29 is 22.4 Å². The molecule has 2 N–H and O–H groups in total. The van der Waals surface area contributed by atoms with Crippen molar-refractivity contribution >= 4 is 33.2 Å². The Morgan fingerprint density at radius 1 is 1.16 bits per heavy atom. The fraction of sp³-hybridized carbons (Fsp3) is 0.391. The van der Waals surface area contributed by atoms with Crippen LogP contribution in [0.3, 0.4) is 0 Å². The average Bonchev–Trinajstić information content (AvgIpc) is 2.95. The number of nitrogens with one attached hydrogen (secondary N) is 2. The fourth-order valence-electron chi connectivity index (χ4n) is 4.24. The SMILES string of the molecule is Cc1cc(F)ccc1NC(=O)[C@@H]1CCCN(S(=O)(=O)c2ccc3c(c2)CCCC(=O)N3)C1. The predicted molar refractivity (Wildman–Crippen MR) is 119 cm³/mol. The summed E-state index contributed by atoms with van der Waals surface area (Å²) in [5, 5.41) is 5.61. The Bertz CT molecular complexity index is 1170. The van der Waals surface area contributed by atoms with Gasteiger partial charge in [0.2, 0.25) is 21.8 Å². The molecule has 1 atom stereocenters. The monoisotopic (exact) mass is 459 g/mol. The first kappa shape index (κ1) is 22.4. The van der Waals surface area contributed by atoms with Gasteiger partial charge in [0.05, 0.1) is 10.8 Å². The van der Waals surface area contributed by atoms with Gasteiger partial charge in [-0.05, 0) is 80.1 Å².